The van der Waals surface area contributed by atoms with Crippen LogP contribution in [0.25, 0.3) is 10.8 Å². The van der Waals surface area contributed by atoms with Crippen molar-refractivity contribution in [1.29, 1.82) is 0 Å². The van der Waals surface area contributed by atoms with E-state index in [0.717, 1.165) is 0 Å². The van der Waals surface area contributed by atoms with Crippen LogP contribution in [0.1, 0.15) is 10.4 Å². The number of fused-ring (bicyclic) bond motifs is 1. The Morgan fingerprint density at radius 1 is 1.04 bits per heavy atom. The Hall–Kier alpha value is -2.92. The van der Waals surface area contributed by atoms with Crippen molar-refractivity contribution in [2.24, 2.45) is 10.2 Å². The number of methoxy groups -OCH3 is 1. The number of rotatable bonds is 4. The molecule has 0 aliphatic rings. The molecular formula is C18H12N2NiO4. The largest absolute Gasteiger partial charge is 2.00 e. The Morgan fingerprint density at radius 2 is 1.72 bits per heavy atom. The molecule has 0 bridgehead atoms. The van der Waals surface area contributed by atoms with Gasteiger partial charge in [-0.15, -0.1) is 0 Å². The zero-order valence-electron chi connectivity index (χ0n) is 13.0. The van der Waals surface area contributed by atoms with Gasteiger partial charge in [0.15, 0.2) is 0 Å². The van der Waals surface area contributed by atoms with E-state index in [9.17, 15) is 15.0 Å². The van der Waals surface area contributed by atoms with E-state index in [1.807, 2.05) is 0 Å². The van der Waals surface area contributed by atoms with Crippen LogP contribution in [0.15, 0.2) is 64.8 Å². The molecule has 0 N–H and O–H groups in total. The number of aromatic carboxylic acids is 1. The van der Waals surface area contributed by atoms with Crippen LogP contribution in [0.4, 0.5) is 11.4 Å². The van der Waals surface area contributed by atoms with Gasteiger partial charge in [-0.3, -0.25) is 0 Å². The maximum absolute atomic E-state index is 12.4. The molecule has 0 atom stereocenters. The van der Waals surface area contributed by atoms with Crippen molar-refractivity contribution >= 4 is 28.1 Å². The van der Waals surface area contributed by atoms with Crippen LogP contribution in [0.5, 0.6) is 11.5 Å². The van der Waals surface area contributed by atoms with Gasteiger partial charge in [-0.1, -0.05) is 30.0 Å². The molecular weight excluding hydrogens is 367 g/mol. The first-order valence-corrected chi connectivity index (χ1v) is 7.10. The third kappa shape index (κ3) is 3.78. The van der Waals surface area contributed by atoms with Crippen LogP contribution in [-0.2, 0) is 16.5 Å². The second-order valence-corrected chi connectivity index (χ2v) is 5.01. The first-order chi connectivity index (χ1) is 11.6. The second-order valence-electron chi connectivity index (χ2n) is 5.01. The van der Waals surface area contributed by atoms with E-state index in [1.165, 1.54) is 6.07 Å². The van der Waals surface area contributed by atoms with Gasteiger partial charge in [0.25, 0.3) is 0 Å². The Morgan fingerprint density at radius 3 is 2.36 bits per heavy atom. The predicted molar refractivity (Wildman–Crippen MR) is 84.9 cm³/mol. The Kier molecular flexibility index (Phi) is 5.73. The number of hydrogen-bond donors (Lipinski definition) is 0. The summed E-state index contributed by atoms with van der Waals surface area (Å²) in [5.74, 6) is -1.58. The average molecular weight is 379 g/mol. The van der Waals surface area contributed by atoms with Crippen molar-refractivity contribution in [2.75, 3.05) is 7.11 Å². The van der Waals surface area contributed by atoms with Crippen molar-refractivity contribution < 1.29 is 36.2 Å². The third-order valence-electron chi connectivity index (χ3n) is 3.53. The normalized spacial score (nSPS) is 10.6. The summed E-state index contributed by atoms with van der Waals surface area (Å²) in [5, 5.41) is 32.6. The van der Waals surface area contributed by atoms with Gasteiger partial charge in [0, 0.05) is 5.39 Å². The van der Waals surface area contributed by atoms with E-state index in [1.54, 1.807) is 55.6 Å². The van der Waals surface area contributed by atoms with Crippen LogP contribution in [-0.4, -0.2) is 13.1 Å². The minimum Gasteiger partial charge on any atom is -0.871 e. The molecule has 0 aliphatic carbocycles. The molecule has 0 fully saturated rings. The summed E-state index contributed by atoms with van der Waals surface area (Å²) >= 11 is 0. The Labute approximate surface area is 153 Å². The molecule has 0 aliphatic heterocycles. The summed E-state index contributed by atoms with van der Waals surface area (Å²) in [7, 11) is 1.55. The number of carbonyl (C=O) groups excluding carboxylic acids is 1. The number of carbonyl (C=O) groups is 1. The van der Waals surface area contributed by atoms with Crippen LogP contribution >= 0.6 is 0 Å². The average Bonchev–Trinajstić information content (AvgIpc) is 2.60. The maximum atomic E-state index is 12.4. The summed E-state index contributed by atoms with van der Waals surface area (Å²) in [5.41, 5.74) is 0.0543. The summed E-state index contributed by atoms with van der Waals surface area (Å²) in [6.45, 7) is 0. The standard InChI is InChI=1S/C18H14N2O4.Ni/c1-24-13-8-6-12(7-9-13)19-20-16-14-5-3-2-4-11(14)10-15(17(16)21)18(22)23;/h2-10,21H,1H3,(H,22,23);/q;+2/p-2. The summed E-state index contributed by atoms with van der Waals surface area (Å²) in [6, 6.07) is 15.0. The SMILES string of the molecule is COc1ccc(N=Nc2c([O-])c(C(=O)[O-])cc3ccccc23)cc1.[Ni+2]. The van der Waals surface area contributed by atoms with E-state index in [4.69, 9.17) is 4.74 Å². The van der Waals surface area contributed by atoms with Crippen LogP contribution in [0.2, 0.25) is 0 Å². The monoisotopic (exact) mass is 378 g/mol. The van der Waals surface area contributed by atoms with Gasteiger partial charge in [-0.25, -0.2) is 0 Å². The van der Waals surface area contributed by atoms with Crippen molar-refractivity contribution in [3.8, 4) is 11.5 Å². The second kappa shape index (κ2) is 7.77. The van der Waals surface area contributed by atoms with Gasteiger partial charge in [-0.05, 0) is 41.3 Å². The summed E-state index contributed by atoms with van der Waals surface area (Å²) in [4.78, 5) is 11.2. The smallest absolute Gasteiger partial charge is 0.871 e. The van der Waals surface area contributed by atoms with Gasteiger partial charge in [-0.2, -0.15) is 10.2 Å². The number of azo groups is 1. The molecule has 0 saturated carbocycles. The summed E-state index contributed by atoms with van der Waals surface area (Å²) < 4.78 is 5.06. The molecule has 25 heavy (non-hydrogen) atoms. The molecule has 7 heteroatoms. The molecule has 0 amide bonds. The number of ether oxygens (including phenoxy) is 1. The molecule has 3 aromatic carbocycles. The van der Waals surface area contributed by atoms with Gasteiger partial charge in [0.1, 0.15) is 5.75 Å². The molecule has 0 heterocycles. The van der Waals surface area contributed by atoms with Gasteiger partial charge >= 0.3 is 16.5 Å². The van der Waals surface area contributed by atoms with Crippen molar-refractivity contribution in [3.05, 3.63) is 60.2 Å². The van der Waals surface area contributed by atoms with Gasteiger partial charge in [0.05, 0.1) is 24.5 Å². The zero-order chi connectivity index (χ0) is 17.1. The van der Waals surface area contributed by atoms with Gasteiger partial charge < -0.3 is 19.7 Å². The molecule has 0 aromatic heterocycles. The molecule has 3 aromatic rings. The first-order valence-electron chi connectivity index (χ1n) is 7.10. The van der Waals surface area contributed by atoms with Gasteiger partial charge in [0.2, 0.25) is 0 Å². The van der Waals surface area contributed by atoms with Crippen LogP contribution < -0.4 is 14.9 Å². The zero-order valence-corrected chi connectivity index (χ0v) is 14.0. The van der Waals surface area contributed by atoms with Crippen molar-refractivity contribution in [3.63, 3.8) is 0 Å². The van der Waals surface area contributed by atoms with E-state index < -0.39 is 17.3 Å². The number of carboxylic acid groups (broad SMARTS) is 1. The minimum atomic E-state index is -1.54. The third-order valence-corrected chi connectivity index (χ3v) is 3.53. The Balaban J connectivity index is 0.00000225. The van der Waals surface area contributed by atoms with E-state index in [-0.39, 0.29) is 22.2 Å². The maximum Gasteiger partial charge on any atom is 2.00 e. The van der Waals surface area contributed by atoms with Crippen molar-refractivity contribution in [1.82, 2.24) is 0 Å². The topological polar surface area (TPSA) is 97.1 Å². The molecule has 0 saturated heterocycles. The Bertz CT molecular complexity index is 940. The number of carboxylic acids is 1. The predicted octanol–water partition coefficient (Wildman–Crippen LogP) is 2.70. The summed E-state index contributed by atoms with van der Waals surface area (Å²) in [6.07, 6.45) is 0. The molecule has 3 rings (SSSR count). The molecule has 128 valence electrons. The molecule has 0 radical (unpaired) electrons. The fraction of sp³-hybridized carbons (Fsp3) is 0.0556. The molecule has 0 spiro atoms. The van der Waals surface area contributed by atoms with E-state index in [2.05, 4.69) is 10.2 Å². The number of hydrogen-bond acceptors (Lipinski definition) is 6. The number of nitrogens with zero attached hydrogens (tertiary/aromatic N) is 2. The fourth-order valence-corrected chi connectivity index (χ4v) is 2.32. The first kappa shape index (κ1) is 18.4. The van der Waals surface area contributed by atoms with E-state index in [0.29, 0.717) is 22.2 Å². The van der Waals surface area contributed by atoms with Crippen molar-refractivity contribution in [2.45, 2.75) is 0 Å². The fourth-order valence-electron chi connectivity index (χ4n) is 2.32. The van der Waals surface area contributed by atoms with Crippen LogP contribution in [0, 0.1) is 0 Å². The minimum absolute atomic E-state index is 0. The van der Waals surface area contributed by atoms with Crippen LogP contribution in [0.3, 0.4) is 0 Å². The molecule has 6 nitrogen and oxygen atoms in total. The molecule has 0 unspecified atom stereocenters. The van der Waals surface area contributed by atoms with E-state index >= 15 is 0 Å². The quantitative estimate of drug-likeness (QED) is 0.514. The number of benzene rings is 3.